The van der Waals surface area contributed by atoms with Gasteiger partial charge >= 0.3 is 0 Å². The van der Waals surface area contributed by atoms with Crippen LogP contribution in [0.2, 0.25) is 0 Å². The molecule has 0 aliphatic carbocycles. The topological polar surface area (TPSA) is 37.3 Å². The van der Waals surface area contributed by atoms with Crippen LogP contribution in [-0.4, -0.2) is 41.1 Å². The molecule has 0 bridgehead atoms. The maximum absolute atomic E-state index is 12.6. The van der Waals surface area contributed by atoms with Gasteiger partial charge in [-0.25, -0.2) is 0 Å². The molecule has 1 fully saturated rings. The fourth-order valence-electron chi connectivity index (χ4n) is 2.87. The molecule has 2 heterocycles. The molecule has 1 N–H and O–H groups in total. The van der Waals surface area contributed by atoms with Crippen molar-refractivity contribution in [3.05, 3.63) is 24.0 Å². The van der Waals surface area contributed by atoms with E-state index in [4.69, 9.17) is 0 Å². The van der Waals surface area contributed by atoms with Gasteiger partial charge < -0.3 is 14.8 Å². The highest BCUT2D eigenvalue weighted by Crippen LogP contribution is 2.22. The molecular formula is C15H25N3O. The first-order valence-corrected chi connectivity index (χ1v) is 7.33. The number of aromatic nitrogens is 1. The van der Waals surface area contributed by atoms with Gasteiger partial charge in [0.05, 0.1) is 0 Å². The monoisotopic (exact) mass is 263 g/mol. The molecule has 0 atom stereocenters. The summed E-state index contributed by atoms with van der Waals surface area (Å²) in [7, 11) is 0. The third kappa shape index (κ3) is 3.00. The molecule has 4 heteroatoms. The standard InChI is InChI=1S/C15H25N3O/c1-4-17(12(2)3)15(19)14-6-5-11-18(14)13-7-9-16-10-8-13/h5-6,11-13,16H,4,7-10H2,1-3H3. The van der Waals surface area contributed by atoms with Crippen LogP contribution in [0.4, 0.5) is 0 Å². The van der Waals surface area contributed by atoms with Crippen LogP contribution in [0.25, 0.3) is 0 Å². The first kappa shape index (κ1) is 14.1. The van der Waals surface area contributed by atoms with Gasteiger partial charge in [-0.1, -0.05) is 0 Å². The molecule has 0 unspecified atom stereocenters. The molecular weight excluding hydrogens is 238 g/mol. The zero-order valence-electron chi connectivity index (χ0n) is 12.2. The number of rotatable bonds is 4. The summed E-state index contributed by atoms with van der Waals surface area (Å²) in [5, 5.41) is 3.37. The second-order valence-electron chi connectivity index (χ2n) is 5.47. The zero-order chi connectivity index (χ0) is 13.8. The Balaban J connectivity index is 2.20. The van der Waals surface area contributed by atoms with Crippen molar-refractivity contribution in [2.45, 2.75) is 45.7 Å². The second kappa shape index (κ2) is 6.24. The molecule has 1 aromatic rings. The summed E-state index contributed by atoms with van der Waals surface area (Å²) in [5.41, 5.74) is 0.836. The van der Waals surface area contributed by atoms with Crippen molar-refractivity contribution < 1.29 is 4.79 Å². The van der Waals surface area contributed by atoms with Crippen molar-refractivity contribution in [3.63, 3.8) is 0 Å². The summed E-state index contributed by atoms with van der Waals surface area (Å²) in [4.78, 5) is 14.6. The maximum Gasteiger partial charge on any atom is 0.270 e. The number of carbonyl (C=O) groups excluding carboxylic acids is 1. The van der Waals surface area contributed by atoms with Crippen LogP contribution in [0, 0.1) is 0 Å². The lowest BCUT2D eigenvalue weighted by atomic mass is 10.1. The molecule has 19 heavy (non-hydrogen) atoms. The summed E-state index contributed by atoms with van der Waals surface area (Å²) in [6.07, 6.45) is 4.25. The van der Waals surface area contributed by atoms with E-state index in [-0.39, 0.29) is 11.9 Å². The summed E-state index contributed by atoms with van der Waals surface area (Å²) >= 11 is 0. The fraction of sp³-hybridized carbons (Fsp3) is 0.667. The van der Waals surface area contributed by atoms with E-state index >= 15 is 0 Å². The van der Waals surface area contributed by atoms with Crippen molar-refractivity contribution in [1.82, 2.24) is 14.8 Å². The normalized spacial score (nSPS) is 16.8. The van der Waals surface area contributed by atoms with Gasteiger partial charge in [-0.3, -0.25) is 4.79 Å². The number of hydrogen-bond donors (Lipinski definition) is 1. The van der Waals surface area contributed by atoms with Crippen molar-refractivity contribution in [3.8, 4) is 0 Å². The third-order valence-corrected chi connectivity index (χ3v) is 3.93. The van der Waals surface area contributed by atoms with Gasteiger partial charge in [0.2, 0.25) is 0 Å². The van der Waals surface area contributed by atoms with Gasteiger partial charge in [0, 0.05) is 24.8 Å². The smallest absolute Gasteiger partial charge is 0.270 e. The number of piperidine rings is 1. The van der Waals surface area contributed by atoms with Crippen LogP contribution in [-0.2, 0) is 0 Å². The van der Waals surface area contributed by atoms with E-state index in [1.54, 1.807) is 0 Å². The SMILES string of the molecule is CCN(C(=O)c1cccn1C1CCNCC1)C(C)C. The van der Waals surface area contributed by atoms with E-state index in [2.05, 4.69) is 29.9 Å². The van der Waals surface area contributed by atoms with Crippen LogP contribution in [0.15, 0.2) is 18.3 Å². The summed E-state index contributed by atoms with van der Waals surface area (Å²) in [5.74, 6) is 0.154. The molecule has 1 aliphatic heterocycles. The van der Waals surface area contributed by atoms with E-state index in [0.29, 0.717) is 6.04 Å². The minimum atomic E-state index is 0.154. The fourth-order valence-corrected chi connectivity index (χ4v) is 2.87. The lowest BCUT2D eigenvalue weighted by molar-refractivity contribution is 0.0702. The third-order valence-electron chi connectivity index (χ3n) is 3.93. The summed E-state index contributed by atoms with van der Waals surface area (Å²) in [6, 6.07) is 4.65. The first-order chi connectivity index (χ1) is 9.15. The minimum absolute atomic E-state index is 0.154. The van der Waals surface area contributed by atoms with Crippen molar-refractivity contribution in [1.29, 1.82) is 0 Å². The van der Waals surface area contributed by atoms with Gasteiger partial charge in [-0.15, -0.1) is 0 Å². The van der Waals surface area contributed by atoms with Crippen LogP contribution in [0.5, 0.6) is 0 Å². The van der Waals surface area contributed by atoms with Gasteiger partial charge in [0.25, 0.3) is 5.91 Å². The van der Waals surface area contributed by atoms with Gasteiger partial charge in [0.15, 0.2) is 0 Å². The average Bonchev–Trinajstić information content (AvgIpc) is 2.89. The molecule has 1 aliphatic rings. The highest BCUT2D eigenvalue weighted by molar-refractivity contribution is 5.93. The van der Waals surface area contributed by atoms with Gasteiger partial charge in [-0.2, -0.15) is 0 Å². The molecule has 1 aromatic heterocycles. The van der Waals surface area contributed by atoms with E-state index in [1.165, 1.54) is 0 Å². The lowest BCUT2D eigenvalue weighted by Gasteiger charge is -2.29. The Bertz CT molecular complexity index is 419. The molecule has 2 rings (SSSR count). The van der Waals surface area contributed by atoms with Crippen molar-refractivity contribution >= 4 is 5.91 Å². The number of amides is 1. The molecule has 0 radical (unpaired) electrons. The van der Waals surface area contributed by atoms with Gasteiger partial charge in [-0.05, 0) is 58.8 Å². The van der Waals surface area contributed by atoms with E-state index < -0.39 is 0 Å². The number of hydrogen-bond acceptors (Lipinski definition) is 2. The Morgan fingerprint density at radius 1 is 1.47 bits per heavy atom. The minimum Gasteiger partial charge on any atom is -0.340 e. The average molecular weight is 263 g/mol. The number of nitrogens with one attached hydrogen (secondary N) is 1. The molecule has 0 saturated carbocycles. The largest absolute Gasteiger partial charge is 0.340 e. The van der Waals surface area contributed by atoms with Crippen LogP contribution >= 0.6 is 0 Å². The Kier molecular flexibility index (Phi) is 4.64. The van der Waals surface area contributed by atoms with Crippen LogP contribution < -0.4 is 5.32 Å². The Labute approximate surface area is 115 Å². The van der Waals surface area contributed by atoms with Crippen molar-refractivity contribution in [2.75, 3.05) is 19.6 Å². The van der Waals surface area contributed by atoms with Crippen LogP contribution in [0.3, 0.4) is 0 Å². The first-order valence-electron chi connectivity index (χ1n) is 7.33. The highest BCUT2D eigenvalue weighted by atomic mass is 16.2. The highest BCUT2D eigenvalue weighted by Gasteiger charge is 2.23. The zero-order valence-corrected chi connectivity index (χ0v) is 12.2. The summed E-state index contributed by atoms with van der Waals surface area (Å²) in [6.45, 7) is 9.01. The summed E-state index contributed by atoms with van der Waals surface area (Å²) < 4.78 is 2.17. The predicted octanol–water partition coefficient (Wildman–Crippen LogP) is 2.28. The molecule has 4 nitrogen and oxygen atoms in total. The lowest BCUT2D eigenvalue weighted by Crippen LogP contribution is -2.38. The molecule has 106 valence electrons. The Hall–Kier alpha value is -1.29. The number of carbonyl (C=O) groups is 1. The maximum atomic E-state index is 12.6. The van der Waals surface area contributed by atoms with Crippen LogP contribution in [0.1, 0.15) is 50.1 Å². The van der Waals surface area contributed by atoms with E-state index in [1.807, 2.05) is 24.0 Å². The second-order valence-corrected chi connectivity index (χ2v) is 5.47. The van der Waals surface area contributed by atoms with Gasteiger partial charge in [0.1, 0.15) is 5.69 Å². The molecule has 0 spiro atoms. The Morgan fingerprint density at radius 2 is 2.16 bits per heavy atom. The Morgan fingerprint density at radius 3 is 2.74 bits per heavy atom. The van der Waals surface area contributed by atoms with Crippen molar-refractivity contribution in [2.24, 2.45) is 0 Å². The quantitative estimate of drug-likeness (QED) is 0.905. The number of nitrogens with zero attached hydrogens (tertiary/aromatic N) is 2. The molecule has 1 saturated heterocycles. The molecule has 1 amide bonds. The molecule has 0 aromatic carbocycles. The van der Waals surface area contributed by atoms with E-state index in [0.717, 1.165) is 38.2 Å². The predicted molar refractivity (Wildman–Crippen MR) is 77.4 cm³/mol. The van der Waals surface area contributed by atoms with E-state index in [9.17, 15) is 4.79 Å².